The minimum atomic E-state index is 0.905. The van der Waals surface area contributed by atoms with E-state index in [9.17, 15) is 0 Å². The zero-order valence-electron chi connectivity index (χ0n) is 30.6. The minimum Gasteiger partial charge on any atom is -0.455 e. The molecule has 0 bridgehead atoms. The van der Waals surface area contributed by atoms with E-state index < -0.39 is 0 Å². The van der Waals surface area contributed by atoms with Crippen LogP contribution in [0.1, 0.15) is 0 Å². The van der Waals surface area contributed by atoms with Crippen molar-refractivity contribution in [2.75, 3.05) is 4.90 Å². The van der Waals surface area contributed by atoms with E-state index in [-0.39, 0.29) is 0 Å². The molecule has 0 aliphatic carbocycles. The predicted octanol–water partition coefficient (Wildman–Crippen LogP) is 15.5. The molecule has 0 aliphatic rings. The first-order valence-electron chi connectivity index (χ1n) is 19.2. The van der Waals surface area contributed by atoms with Gasteiger partial charge in [0.25, 0.3) is 0 Å². The van der Waals surface area contributed by atoms with Crippen molar-refractivity contribution < 1.29 is 4.42 Å². The Hall–Kier alpha value is -7.42. The molecule has 0 N–H and O–H groups in total. The van der Waals surface area contributed by atoms with Gasteiger partial charge in [0.1, 0.15) is 11.2 Å². The Morgan fingerprint density at radius 2 is 0.821 bits per heavy atom. The molecule has 0 unspecified atom stereocenters. The molecule has 0 aliphatic heterocycles. The molecule has 2 nitrogen and oxygen atoms in total. The summed E-state index contributed by atoms with van der Waals surface area (Å²) < 4.78 is 6.46. The van der Waals surface area contributed by atoms with Crippen LogP contribution in [-0.4, -0.2) is 0 Å². The largest absolute Gasteiger partial charge is 0.455 e. The standard InChI is InChI=1S/C54H35NO/c1-2-14-36(15-3-1)38-16-12-17-39(34-38)42-18-8-10-26-52(42)55(41-32-33-48-46-21-5-4-19-44(46)45-20-6-7-22-47(45)51(48)35-41)40-30-28-37(29-31-40)43-24-13-25-50-49-23-9-11-27-53(49)56-54(43)50/h1-35H. The highest BCUT2D eigenvalue weighted by Crippen LogP contribution is 2.45. The van der Waals surface area contributed by atoms with Crippen LogP contribution in [0.2, 0.25) is 0 Å². The highest BCUT2D eigenvalue weighted by Gasteiger charge is 2.20. The van der Waals surface area contributed by atoms with Crippen LogP contribution in [0.15, 0.2) is 217 Å². The zero-order valence-corrected chi connectivity index (χ0v) is 30.6. The Kier molecular flexibility index (Phi) is 7.53. The van der Waals surface area contributed by atoms with Crippen molar-refractivity contribution in [1.82, 2.24) is 0 Å². The maximum absolute atomic E-state index is 6.46. The summed E-state index contributed by atoms with van der Waals surface area (Å²) >= 11 is 0. The molecule has 262 valence electrons. The monoisotopic (exact) mass is 713 g/mol. The van der Waals surface area contributed by atoms with E-state index in [1.807, 2.05) is 12.1 Å². The van der Waals surface area contributed by atoms with Gasteiger partial charge in [0.2, 0.25) is 0 Å². The summed E-state index contributed by atoms with van der Waals surface area (Å²) in [4.78, 5) is 2.42. The molecule has 0 spiro atoms. The Morgan fingerprint density at radius 3 is 1.59 bits per heavy atom. The zero-order chi connectivity index (χ0) is 37.0. The second-order valence-electron chi connectivity index (χ2n) is 14.4. The summed E-state index contributed by atoms with van der Waals surface area (Å²) in [5.41, 5.74) is 12.0. The van der Waals surface area contributed by atoms with Gasteiger partial charge >= 0.3 is 0 Å². The second-order valence-corrected chi connectivity index (χ2v) is 14.4. The molecule has 0 saturated carbocycles. The van der Waals surface area contributed by atoms with Crippen LogP contribution in [0.5, 0.6) is 0 Å². The van der Waals surface area contributed by atoms with E-state index in [1.165, 1.54) is 43.4 Å². The Labute approximate surface area is 325 Å². The molecule has 11 aromatic rings. The van der Waals surface area contributed by atoms with E-state index in [1.54, 1.807) is 0 Å². The van der Waals surface area contributed by atoms with E-state index in [0.717, 1.165) is 61.3 Å². The number of hydrogen-bond donors (Lipinski definition) is 0. The summed E-state index contributed by atoms with van der Waals surface area (Å²) in [6.07, 6.45) is 0. The van der Waals surface area contributed by atoms with Gasteiger partial charge in [-0.1, -0.05) is 170 Å². The van der Waals surface area contributed by atoms with Gasteiger partial charge in [-0.05, 0) is 97.0 Å². The number of rotatable bonds is 6. The molecule has 1 heterocycles. The first-order valence-corrected chi connectivity index (χ1v) is 19.2. The fourth-order valence-corrected chi connectivity index (χ4v) is 8.64. The summed E-state index contributed by atoms with van der Waals surface area (Å²) in [6.45, 7) is 0. The van der Waals surface area contributed by atoms with Crippen molar-refractivity contribution in [2.24, 2.45) is 0 Å². The van der Waals surface area contributed by atoms with Crippen molar-refractivity contribution in [2.45, 2.75) is 0 Å². The van der Waals surface area contributed by atoms with Gasteiger partial charge in [0.15, 0.2) is 0 Å². The van der Waals surface area contributed by atoms with Gasteiger partial charge in [0.05, 0.1) is 5.69 Å². The van der Waals surface area contributed by atoms with Crippen LogP contribution in [0, 0.1) is 0 Å². The number of hydrogen-bond acceptors (Lipinski definition) is 2. The van der Waals surface area contributed by atoms with Crippen LogP contribution in [0.4, 0.5) is 17.1 Å². The number of nitrogens with zero attached hydrogens (tertiary/aromatic N) is 1. The van der Waals surface area contributed by atoms with Crippen LogP contribution < -0.4 is 4.90 Å². The van der Waals surface area contributed by atoms with Gasteiger partial charge in [-0.2, -0.15) is 0 Å². The molecule has 2 heteroatoms. The van der Waals surface area contributed by atoms with Crippen molar-refractivity contribution in [3.8, 4) is 33.4 Å². The van der Waals surface area contributed by atoms with E-state index in [2.05, 4.69) is 205 Å². The summed E-state index contributed by atoms with van der Waals surface area (Å²) in [5, 5.41) is 9.81. The lowest BCUT2D eigenvalue weighted by Gasteiger charge is -2.28. The lowest BCUT2D eigenvalue weighted by atomic mass is 9.93. The van der Waals surface area contributed by atoms with Crippen molar-refractivity contribution in [3.05, 3.63) is 212 Å². The first kappa shape index (κ1) is 32.0. The third-order valence-corrected chi connectivity index (χ3v) is 11.3. The Morgan fingerprint density at radius 1 is 0.286 bits per heavy atom. The van der Waals surface area contributed by atoms with Gasteiger partial charge in [-0.15, -0.1) is 0 Å². The fourth-order valence-electron chi connectivity index (χ4n) is 8.64. The van der Waals surface area contributed by atoms with E-state index in [4.69, 9.17) is 4.42 Å². The SMILES string of the molecule is c1ccc(-c2cccc(-c3ccccc3N(c3ccc(-c4cccc5c4oc4ccccc45)cc3)c3ccc4c5ccccc5c5ccccc5c4c3)c2)cc1. The molecule has 11 rings (SSSR count). The average Bonchev–Trinajstić information content (AvgIpc) is 3.67. The maximum atomic E-state index is 6.46. The van der Waals surface area contributed by atoms with Crippen LogP contribution >= 0.6 is 0 Å². The summed E-state index contributed by atoms with van der Waals surface area (Å²) in [7, 11) is 0. The molecule has 1 aromatic heterocycles. The summed E-state index contributed by atoms with van der Waals surface area (Å²) in [6, 6.07) is 76.5. The normalized spacial score (nSPS) is 11.6. The third kappa shape index (κ3) is 5.26. The fraction of sp³-hybridized carbons (Fsp3) is 0. The number of fused-ring (bicyclic) bond motifs is 9. The van der Waals surface area contributed by atoms with Crippen LogP contribution in [0.25, 0.3) is 87.6 Å². The van der Waals surface area contributed by atoms with E-state index in [0.29, 0.717) is 0 Å². The molecular weight excluding hydrogens is 679 g/mol. The van der Waals surface area contributed by atoms with Gasteiger partial charge in [-0.25, -0.2) is 0 Å². The maximum Gasteiger partial charge on any atom is 0.143 e. The second kappa shape index (κ2) is 13.2. The molecule has 0 fully saturated rings. The first-order chi connectivity index (χ1) is 27.8. The molecule has 10 aromatic carbocycles. The lowest BCUT2D eigenvalue weighted by molar-refractivity contribution is 0.670. The van der Waals surface area contributed by atoms with Crippen molar-refractivity contribution >= 4 is 71.3 Å². The summed E-state index contributed by atoms with van der Waals surface area (Å²) in [5.74, 6) is 0. The minimum absolute atomic E-state index is 0.905. The van der Waals surface area contributed by atoms with Crippen molar-refractivity contribution in [3.63, 3.8) is 0 Å². The molecule has 56 heavy (non-hydrogen) atoms. The van der Waals surface area contributed by atoms with Gasteiger partial charge in [-0.3, -0.25) is 0 Å². The van der Waals surface area contributed by atoms with Gasteiger partial charge in [0, 0.05) is 33.3 Å². The lowest BCUT2D eigenvalue weighted by Crippen LogP contribution is -2.11. The molecule has 0 amide bonds. The molecule has 0 saturated heterocycles. The van der Waals surface area contributed by atoms with E-state index >= 15 is 0 Å². The number of benzene rings is 10. The number of para-hydroxylation sites is 3. The molecule has 0 atom stereocenters. The number of furan rings is 1. The van der Waals surface area contributed by atoms with Crippen molar-refractivity contribution in [1.29, 1.82) is 0 Å². The Bertz CT molecular complexity index is 3210. The predicted molar refractivity (Wildman–Crippen MR) is 237 cm³/mol. The third-order valence-electron chi connectivity index (χ3n) is 11.3. The highest BCUT2D eigenvalue weighted by atomic mass is 16.3. The van der Waals surface area contributed by atoms with Crippen LogP contribution in [-0.2, 0) is 0 Å². The van der Waals surface area contributed by atoms with Crippen LogP contribution in [0.3, 0.4) is 0 Å². The Balaban J connectivity index is 1.12. The smallest absolute Gasteiger partial charge is 0.143 e. The molecular formula is C54H35NO. The average molecular weight is 714 g/mol. The molecule has 0 radical (unpaired) electrons. The highest BCUT2D eigenvalue weighted by molar-refractivity contribution is 6.26. The quantitative estimate of drug-likeness (QED) is 0.160. The number of anilines is 3. The topological polar surface area (TPSA) is 16.4 Å². The van der Waals surface area contributed by atoms with Gasteiger partial charge < -0.3 is 9.32 Å².